The van der Waals surface area contributed by atoms with Gasteiger partial charge in [0.1, 0.15) is 42.3 Å². The fourth-order valence-electron chi connectivity index (χ4n) is 10.9. The van der Waals surface area contributed by atoms with Gasteiger partial charge in [-0.25, -0.2) is 18.8 Å². The molecular formula is C44H61FN2O13. The number of alkyl halides is 1. The molecule has 2 bridgehead atoms. The van der Waals surface area contributed by atoms with Crippen LogP contribution in [-0.4, -0.2) is 137 Å². The van der Waals surface area contributed by atoms with Gasteiger partial charge in [-0.1, -0.05) is 39.0 Å². The summed E-state index contributed by atoms with van der Waals surface area (Å²) in [5.41, 5.74) is -5.47. The van der Waals surface area contributed by atoms with Crippen LogP contribution >= 0.6 is 0 Å². The van der Waals surface area contributed by atoms with Crippen LogP contribution in [0.3, 0.4) is 0 Å². The molecule has 1 aromatic carbocycles. The van der Waals surface area contributed by atoms with Crippen molar-refractivity contribution in [3.05, 3.63) is 47.0 Å². The number of hydrogen-bond donors (Lipinski definition) is 3. The fraction of sp³-hybridized carbons (Fsp3) is 0.727. The zero-order chi connectivity index (χ0) is 43.8. The maximum Gasteiger partial charge on any atom is 0.408 e. The molecule has 0 aromatic heterocycles. The summed E-state index contributed by atoms with van der Waals surface area (Å²) in [7, 11) is 0. The van der Waals surface area contributed by atoms with E-state index in [1.807, 2.05) is 27.7 Å². The molecule has 1 aromatic rings. The van der Waals surface area contributed by atoms with Crippen LogP contribution in [0.15, 0.2) is 41.5 Å². The zero-order valence-electron chi connectivity index (χ0n) is 36.1. The van der Waals surface area contributed by atoms with Crippen molar-refractivity contribution in [3.8, 4) is 0 Å². The number of likely N-dealkylation sites (tertiary alicyclic amines) is 1. The SMILES string of the molecule is CC(=O)O[C@@]12CO[C@@H]1CC[C@@]1(C)[C@@H]3OC(C)(CN4CCC4)O[C@@H]3C3=C(C)[C@@H](OC(=O)[C@H](O)[C@H](CF)NC(=O)OC(C)(C)C)C[C@@](O)([C@@H](OC(=O)c4ccccc4)[C@@H]12)C3(C)C. The van der Waals surface area contributed by atoms with Gasteiger partial charge in [0.25, 0.3) is 0 Å². The highest BCUT2D eigenvalue weighted by Gasteiger charge is 2.77. The van der Waals surface area contributed by atoms with Crippen LogP contribution in [0.5, 0.6) is 0 Å². The average molecular weight is 845 g/mol. The van der Waals surface area contributed by atoms with E-state index in [9.17, 15) is 33.8 Å². The summed E-state index contributed by atoms with van der Waals surface area (Å²) in [5.74, 6) is -4.72. The van der Waals surface area contributed by atoms with Gasteiger partial charge in [0.15, 0.2) is 17.5 Å². The van der Waals surface area contributed by atoms with Gasteiger partial charge in [0.2, 0.25) is 0 Å². The molecule has 15 nitrogen and oxygen atoms in total. The van der Waals surface area contributed by atoms with E-state index < -0.39 is 113 Å². The number of amides is 1. The van der Waals surface area contributed by atoms with Crippen LogP contribution in [0.1, 0.15) is 98.4 Å². The molecule has 7 rings (SSSR count). The molecule has 1 amide bonds. The lowest BCUT2D eigenvalue weighted by Crippen LogP contribution is -2.79. The third-order valence-corrected chi connectivity index (χ3v) is 13.9. The van der Waals surface area contributed by atoms with E-state index in [-0.39, 0.29) is 18.6 Å². The van der Waals surface area contributed by atoms with Gasteiger partial charge in [-0.3, -0.25) is 9.69 Å². The highest BCUT2D eigenvalue weighted by Crippen LogP contribution is 2.67. The Bertz CT molecular complexity index is 1880. The first-order valence-electron chi connectivity index (χ1n) is 21.0. The number of rotatable bonds is 10. The smallest absolute Gasteiger partial charge is 0.408 e. The lowest BCUT2D eigenvalue weighted by molar-refractivity contribution is -0.346. The Labute approximate surface area is 350 Å². The minimum atomic E-state index is -2.18. The second-order valence-corrected chi connectivity index (χ2v) is 19.5. The largest absolute Gasteiger partial charge is 0.456 e. The highest BCUT2D eigenvalue weighted by atomic mass is 19.1. The summed E-state index contributed by atoms with van der Waals surface area (Å²) >= 11 is 0. The molecule has 1 unspecified atom stereocenters. The van der Waals surface area contributed by atoms with E-state index in [0.29, 0.717) is 30.5 Å². The molecule has 3 aliphatic heterocycles. The number of aliphatic hydroxyl groups is 2. The van der Waals surface area contributed by atoms with Crippen LogP contribution in [0.25, 0.3) is 0 Å². The van der Waals surface area contributed by atoms with Gasteiger partial charge in [-0.2, -0.15) is 0 Å². The van der Waals surface area contributed by atoms with Gasteiger partial charge < -0.3 is 48.7 Å². The van der Waals surface area contributed by atoms with Crippen molar-refractivity contribution in [1.82, 2.24) is 10.2 Å². The summed E-state index contributed by atoms with van der Waals surface area (Å²) in [6.45, 7) is 16.2. The van der Waals surface area contributed by atoms with Crippen molar-refractivity contribution < 1.29 is 66.9 Å². The Balaban J connectivity index is 1.38. The number of alkyl carbamates (subject to hydrolysis) is 1. The lowest BCUT2D eigenvalue weighted by Gasteiger charge is -2.68. The topological polar surface area (TPSA) is 189 Å². The molecule has 0 spiro atoms. The predicted molar refractivity (Wildman–Crippen MR) is 211 cm³/mol. The number of benzene rings is 1. The van der Waals surface area contributed by atoms with Crippen molar-refractivity contribution in [3.63, 3.8) is 0 Å². The van der Waals surface area contributed by atoms with Crippen LogP contribution in [-0.2, 0) is 42.7 Å². The number of carbonyl (C=O) groups excluding carboxylic acids is 4. The van der Waals surface area contributed by atoms with Gasteiger partial charge in [0, 0.05) is 24.2 Å². The number of nitrogens with zero attached hydrogens (tertiary/aromatic N) is 1. The molecule has 5 fully saturated rings. The van der Waals surface area contributed by atoms with E-state index in [4.69, 9.17) is 33.2 Å². The second kappa shape index (κ2) is 15.6. The maximum atomic E-state index is 14.4. The molecule has 2 saturated carbocycles. The number of halogens is 1. The molecule has 60 heavy (non-hydrogen) atoms. The molecule has 3 aliphatic carbocycles. The van der Waals surface area contributed by atoms with E-state index >= 15 is 0 Å². The number of carbonyl (C=O) groups is 4. The fourth-order valence-corrected chi connectivity index (χ4v) is 10.9. The summed E-state index contributed by atoms with van der Waals surface area (Å²) < 4.78 is 59.0. The Morgan fingerprint density at radius 3 is 2.30 bits per heavy atom. The standard InChI is InChI=1S/C44H61FN2O13/c1-24-28(55-37(51)31(49)27(21-45)46-38(52)60-39(3,4)5)20-44(53)35(56-36(50)26-14-11-10-12-15-26)33-41(8,17-16-29-43(33,23-54-29)57-25(2)48)34-32(30(24)40(44,6)7)58-42(9,59-34)22-47-18-13-19-47/h10-12,14-15,27-29,31-35,49,53H,13,16-23H2,1-9H3,(H,46,52)/t27-,28-,29+,31+,32+,33-,34+,35-,41+,42?,43-,44+/m0/s1. The summed E-state index contributed by atoms with van der Waals surface area (Å²) in [6, 6.07) is 6.60. The molecular weight excluding hydrogens is 783 g/mol. The van der Waals surface area contributed by atoms with Crippen molar-refractivity contribution in [1.29, 1.82) is 0 Å². The van der Waals surface area contributed by atoms with Crippen LogP contribution in [0.4, 0.5) is 9.18 Å². The Hall–Kier alpha value is -3.67. The highest BCUT2D eigenvalue weighted by molar-refractivity contribution is 5.89. The number of ether oxygens (including phenoxy) is 7. The number of aliphatic hydroxyl groups excluding tert-OH is 1. The quantitative estimate of drug-likeness (QED) is 0.173. The third-order valence-electron chi connectivity index (χ3n) is 13.9. The van der Waals surface area contributed by atoms with Crippen LogP contribution < -0.4 is 5.32 Å². The molecule has 3 heterocycles. The third kappa shape index (κ3) is 7.52. The summed E-state index contributed by atoms with van der Waals surface area (Å²) in [4.78, 5) is 56.2. The maximum absolute atomic E-state index is 14.4. The van der Waals surface area contributed by atoms with Crippen molar-refractivity contribution in [2.75, 3.05) is 32.9 Å². The molecule has 3 saturated heterocycles. The monoisotopic (exact) mass is 844 g/mol. The molecule has 0 radical (unpaired) electrons. The van der Waals surface area contributed by atoms with Crippen LogP contribution in [0.2, 0.25) is 0 Å². The summed E-state index contributed by atoms with van der Waals surface area (Å²) in [5, 5.41) is 27.2. The number of esters is 3. The molecule has 16 heteroatoms. The minimum Gasteiger partial charge on any atom is -0.456 e. The van der Waals surface area contributed by atoms with Gasteiger partial charge in [-0.05, 0) is 90.2 Å². The minimum absolute atomic E-state index is 0.0434. The van der Waals surface area contributed by atoms with Crippen molar-refractivity contribution in [2.24, 2.45) is 16.7 Å². The van der Waals surface area contributed by atoms with Gasteiger partial charge in [-0.15, -0.1) is 0 Å². The van der Waals surface area contributed by atoms with E-state index in [2.05, 4.69) is 10.2 Å². The van der Waals surface area contributed by atoms with E-state index in [0.717, 1.165) is 19.5 Å². The first-order chi connectivity index (χ1) is 28.0. The predicted octanol–water partition coefficient (Wildman–Crippen LogP) is 4.16. The number of hydrogen-bond acceptors (Lipinski definition) is 14. The van der Waals surface area contributed by atoms with Gasteiger partial charge >= 0.3 is 24.0 Å². The Morgan fingerprint density at radius 2 is 1.73 bits per heavy atom. The molecule has 332 valence electrons. The van der Waals surface area contributed by atoms with Crippen molar-refractivity contribution in [2.45, 2.75) is 153 Å². The first-order valence-corrected chi connectivity index (χ1v) is 21.0. The Kier molecular flexibility index (Phi) is 11.5. The first kappa shape index (κ1) is 44.4. The van der Waals surface area contributed by atoms with Gasteiger partial charge in [0.05, 0.1) is 36.8 Å². The molecule has 6 aliphatic rings. The van der Waals surface area contributed by atoms with Crippen molar-refractivity contribution >= 4 is 24.0 Å². The lowest BCUT2D eigenvalue weighted by atomic mass is 9.45. The number of nitrogens with one attached hydrogen (secondary N) is 1. The summed E-state index contributed by atoms with van der Waals surface area (Å²) in [6.07, 6.45) is -6.61. The Morgan fingerprint density at radius 1 is 1.05 bits per heavy atom. The average Bonchev–Trinajstić information content (AvgIpc) is 3.48. The molecule has 12 atom stereocenters. The molecule has 3 N–H and O–H groups in total. The second-order valence-electron chi connectivity index (χ2n) is 19.5. The van der Waals surface area contributed by atoms with E-state index in [1.54, 1.807) is 58.0 Å². The normalized spacial score (nSPS) is 37.9. The van der Waals surface area contributed by atoms with Crippen LogP contribution in [0, 0.1) is 16.7 Å². The van der Waals surface area contributed by atoms with E-state index in [1.165, 1.54) is 6.92 Å². The zero-order valence-corrected chi connectivity index (χ0v) is 36.1. The number of fused-ring (bicyclic) bond motifs is 8.